The molecule has 1 aromatic carbocycles. The summed E-state index contributed by atoms with van der Waals surface area (Å²) in [7, 11) is 0. The second-order valence-corrected chi connectivity index (χ2v) is 5.05. The molecule has 1 aromatic heterocycles. The third-order valence-corrected chi connectivity index (χ3v) is 3.72. The van der Waals surface area contributed by atoms with E-state index in [1.54, 1.807) is 11.8 Å². The Morgan fingerprint density at radius 2 is 2.24 bits per heavy atom. The number of thioether (sulfide) groups is 1. The number of anilines is 1. The number of aryl methyl sites for hydroxylation is 2. The first kappa shape index (κ1) is 12.0. The first-order valence-electron chi connectivity index (χ1n) is 5.69. The van der Waals surface area contributed by atoms with E-state index in [2.05, 4.69) is 31.2 Å². The van der Waals surface area contributed by atoms with Crippen LogP contribution in [0.5, 0.6) is 0 Å². The Morgan fingerprint density at radius 3 is 2.94 bits per heavy atom. The Bertz CT molecular complexity index is 505. The summed E-state index contributed by atoms with van der Waals surface area (Å²) < 4.78 is 1.94. The van der Waals surface area contributed by atoms with Crippen LogP contribution in [-0.2, 0) is 12.3 Å². The van der Waals surface area contributed by atoms with Gasteiger partial charge < -0.3 is 5.73 Å². The van der Waals surface area contributed by atoms with Crippen LogP contribution in [0.2, 0.25) is 0 Å². The first-order chi connectivity index (χ1) is 8.19. The molecule has 0 aliphatic carbocycles. The van der Waals surface area contributed by atoms with Crippen molar-refractivity contribution in [2.45, 2.75) is 31.0 Å². The number of hydrogen-bond acceptors (Lipinski definition) is 3. The van der Waals surface area contributed by atoms with Crippen LogP contribution in [0.3, 0.4) is 0 Å². The summed E-state index contributed by atoms with van der Waals surface area (Å²) in [5.74, 6) is 0.910. The first-order valence-corrected chi connectivity index (χ1v) is 6.68. The number of benzene rings is 1. The molecular formula is C13H17N3S. The number of aromatic nitrogens is 2. The molecule has 0 amide bonds. The SMILES string of the molecule is CCn1cc(CSc2cc(C)ccc2N)cn1. The molecule has 0 fully saturated rings. The maximum absolute atomic E-state index is 5.94. The Morgan fingerprint density at radius 1 is 1.41 bits per heavy atom. The number of hydrogen-bond donors (Lipinski definition) is 1. The van der Waals surface area contributed by atoms with Crippen molar-refractivity contribution in [2.24, 2.45) is 0 Å². The van der Waals surface area contributed by atoms with Gasteiger partial charge >= 0.3 is 0 Å². The number of nitrogen functional groups attached to an aromatic ring is 1. The van der Waals surface area contributed by atoms with Crippen LogP contribution < -0.4 is 5.73 Å². The third kappa shape index (κ3) is 3.03. The molecule has 2 aromatic rings. The van der Waals surface area contributed by atoms with Crippen LogP contribution >= 0.6 is 11.8 Å². The lowest BCUT2D eigenvalue weighted by Crippen LogP contribution is -1.92. The monoisotopic (exact) mass is 247 g/mol. The zero-order chi connectivity index (χ0) is 12.3. The fourth-order valence-corrected chi connectivity index (χ4v) is 2.56. The number of nitrogens with zero attached hydrogens (tertiary/aromatic N) is 2. The van der Waals surface area contributed by atoms with Crippen molar-refractivity contribution >= 4 is 17.4 Å². The summed E-state index contributed by atoms with van der Waals surface area (Å²) in [5.41, 5.74) is 9.27. The van der Waals surface area contributed by atoms with E-state index in [0.29, 0.717) is 0 Å². The van der Waals surface area contributed by atoms with Crippen LogP contribution in [0.4, 0.5) is 5.69 Å². The highest BCUT2D eigenvalue weighted by Crippen LogP contribution is 2.28. The van der Waals surface area contributed by atoms with Gasteiger partial charge in [-0.1, -0.05) is 6.07 Å². The molecule has 0 bridgehead atoms. The molecular weight excluding hydrogens is 230 g/mol. The van der Waals surface area contributed by atoms with Gasteiger partial charge in [0.1, 0.15) is 0 Å². The normalized spacial score (nSPS) is 10.7. The Balaban J connectivity index is 2.04. The van der Waals surface area contributed by atoms with Gasteiger partial charge in [0.25, 0.3) is 0 Å². The predicted octanol–water partition coefficient (Wildman–Crippen LogP) is 3.09. The molecule has 0 spiro atoms. The summed E-state index contributed by atoms with van der Waals surface area (Å²) in [4.78, 5) is 1.15. The average Bonchev–Trinajstić information content (AvgIpc) is 2.78. The molecule has 0 radical (unpaired) electrons. The topological polar surface area (TPSA) is 43.8 Å². The molecule has 0 aliphatic rings. The van der Waals surface area contributed by atoms with Crippen molar-refractivity contribution in [3.05, 3.63) is 41.7 Å². The molecule has 3 nitrogen and oxygen atoms in total. The molecule has 4 heteroatoms. The molecule has 0 unspecified atom stereocenters. The van der Waals surface area contributed by atoms with Gasteiger partial charge in [0.05, 0.1) is 6.20 Å². The quantitative estimate of drug-likeness (QED) is 0.667. The van der Waals surface area contributed by atoms with Gasteiger partial charge in [-0.15, -0.1) is 11.8 Å². The van der Waals surface area contributed by atoms with E-state index >= 15 is 0 Å². The lowest BCUT2D eigenvalue weighted by Gasteiger charge is -2.05. The Hall–Kier alpha value is -1.42. The highest BCUT2D eigenvalue weighted by Gasteiger charge is 2.03. The zero-order valence-corrected chi connectivity index (χ0v) is 11.0. The van der Waals surface area contributed by atoms with Crippen molar-refractivity contribution in [1.29, 1.82) is 0 Å². The fourth-order valence-electron chi connectivity index (χ4n) is 1.58. The van der Waals surface area contributed by atoms with Gasteiger partial charge in [-0.25, -0.2) is 0 Å². The van der Waals surface area contributed by atoms with Gasteiger partial charge in [-0.3, -0.25) is 4.68 Å². The van der Waals surface area contributed by atoms with Gasteiger partial charge in [0, 0.05) is 34.6 Å². The highest BCUT2D eigenvalue weighted by molar-refractivity contribution is 7.98. The summed E-state index contributed by atoms with van der Waals surface area (Å²) in [6.07, 6.45) is 4.00. The summed E-state index contributed by atoms with van der Waals surface area (Å²) in [6.45, 7) is 5.08. The van der Waals surface area contributed by atoms with Crippen molar-refractivity contribution in [2.75, 3.05) is 5.73 Å². The van der Waals surface area contributed by atoms with E-state index in [9.17, 15) is 0 Å². The van der Waals surface area contributed by atoms with Crippen molar-refractivity contribution in [3.63, 3.8) is 0 Å². The van der Waals surface area contributed by atoms with E-state index in [1.807, 2.05) is 23.0 Å². The molecule has 0 saturated heterocycles. The second-order valence-electron chi connectivity index (χ2n) is 4.03. The molecule has 17 heavy (non-hydrogen) atoms. The van der Waals surface area contributed by atoms with E-state index < -0.39 is 0 Å². The lowest BCUT2D eigenvalue weighted by atomic mass is 10.2. The van der Waals surface area contributed by atoms with Gasteiger partial charge in [-0.2, -0.15) is 5.10 Å². The van der Waals surface area contributed by atoms with Gasteiger partial charge in [0.2, 0.25) is 0 Å². The van der Waals surface area contributed by atoms with Crippen molar-refractivity contribution in [3.8, 4) is 0 Å². The minimum Gasteiger partial charge on any atom is -0.398 e. The lowest BCUT2D eigenvalue weighted by molar-refractivity contribution is 0.659. The molecule has 2 rings (SSSR count). The Kier molecular flexibility index (Phi) is 3.74. The van der Waals surface area contributed by atoms with Crippen molar-refractivity contribution in [1.82, 2.24) is 9.78 Å². The van der Waals surface area contributed by atoms with Crippen molar-refractivity contribution < 1.29 is 0 Å². The number of rotatable bonds is 4. The highest BCUT2D eigenvalue weighted by atomic mass is 32.2. The van der Waals surface area contributed by atoms with E-state index in [4.69, 9.17) is 5.73 Å². The maximum Gasteiger partial charge on any atom is 0.0530 e. The molecule has 1 heterocycles. The molecule has 0 saturated carbocycles. The third-order valence-electron chi connectivity index (χ3n) is 2.57. The largest absolute Gasteiger partial charge is 0.398 e. The van der Waals surface area contributed by atoms with Crippen LogP contribution in [0, 0.1) is 6.92 Å². The molecule has 2 N–H and O–H groups in total. The number of nitrogens with two attached hydrogens (primary N) is 1. The smallest absolute Gasteiger partial charge is 0.0530 e. The predicted molar refractivity (Wildman–Crippen MR) is 73.1 cm³/mol. The van der Waals surface area contributed by atoms with Crippen LogP contribution in [0.25, 0.3) is 0 Å². The fraction of sp³-hybridized carbons (Fsp3) is 0.308. The van der Waals surface area contributed by atoms with E-state index in [0.717, 1.165) is 22.9 Å². The average molecular weight is 247 g/mol. The van der Waals surface area contributed by atoms with Crippen LogP contribution in [-0.4, -0.2) is 9.78 Å². The molecule has 0 atom stereocenters. The van der Waals surface area contributed by atoms with E-state index in [-0.39, 0.29) is 0 Å². The molecule has 0 aliphatic heterocycles. The second kappa shape index (κ2) is 5.27. The van der Waals surface area contributed by atoms with Crippen LogP contribution in [0.1, 0.15) is 18.1 Å². The summed E-state index contributed by atoms with van der Waals surface area (Å²) in [5, 5.41) is 4.26. The summed E-state index contributed by atoms with van der Waals surface area (Å²) in [6, 6.07) is 6.13. The Labute approximate surface area is 106 Å². The summed E-state index contributed by atoms with van der Waals surface area (Å²) >= 11 is 1.76. The molecule has 90 valence electrons. The van der Waals surface area contributed by atoms with Crippen LogP contribution in [0.15, 0.2) is 35.5 Å². The van der Waals surface area contributed by atoms with Gasteiger partial charge in [0.15, 0.2) is 0 Å². The maximum atomic E-state index is 5.94. The zero-order valence-electron chi connectivity index (χ0n) is 10.2. The minimum atomic E-state index is 0.850. The standard InChI is InChI=1S/C13H17N3S/c1-3-16-8-11(7-15-16)9-17-13-6-10(2)4-5-12(13)14/h4-8H,3,9,14H2,1-2H3. The minimum absolute atomic E-state index is 0.850. The van der Waals surface area contributed by atoms with Gasteiger partial charge in [-0.05, 0) is 31.5 Å². The van der Waals surface area contributed by atoms with E-state index in [1.165, 1.54) is 11.1 Å².